The zero-order valence-electron chi connectivity index (χ0n) is 8.43. The van der Waals surface area contributed by atoms with Crippen molar-refractivity contribution in [3.05, 3.63) is 24.5 Å². The second-order valence-electron chi connectivity index (χ2n) is 3.66. The number of nitrogens with zero attached hydrogens (tertiary/aromatic N) is 4. The molecule has 0 aromatic carbocycles. The van der Waals surface area contributed by atoms with Gasteiger partial charge in [-0.05, 0) is 6.07 Å². The second kappa shape index (κ2) is 3.51. The molecule has 2 aromatic heterocycles. The molecular formula is C10H13N5. The Labute approximate surface area is 87.7 Å². The van der Waals surface area contributed by atoms with Gasteiger partial charge in [0, 0.05) is 44.6 Å². The quantitative estimate of drug-likeness (QED) is 0.716. The Morgan fingerprint density at radius 1 is 1.27 bits per heavy atom. The summed E-state index contributed by atoms with van der Waals surface area (Å²) in [4.78, 5) is 6.54. The Kier molecular flexibility index (Phi) is 2.03. The van der Waals surface area contributed by atoms with Crippen molar-refractivity contribution in [2.24, 2.45) is 0 Å². The summed E-state index contributed by atoms with van der Waals surface area (Å²) in [7, 11) is 0. The van der Waals surface area contributed by atoms with E-state index in [1.807, 2.05) is 22.8 Å². The van der Waals surface area contributed by atoms with Crippen LogP contribution in [-0.4, -0.2) is 40.8 Å². The van der Waals surface area contributed by atoms with Crippen LogP contribution in [0.15, 0.2) is 24.5 Å². The highest BCUT2D eigenvalue weighted by Gasteiger charge is 2.13. The molecule has 3 heterocycles. The molecule has 1 saturated heterocycles. The van der Waals surface area contributed by atoms with Gasteiger partial charge in [-0.15, -0.1) is 5.10 Å². The van der Waals surface area contributed by atoms with Crippen molar-refractivity contribution in [3.63, 3.8) is 0 Å². The van der Waals surface area contributed by atoms with Gasteiger partial charge in [-0.25, -0.2) is 9.50 Å². The van der Waals surface area contributed by atoms with Crippen LogP contribution in [0.3, 0.4) is 0 Å². The van der Waals surface area contributed by atoms with Gasteiger partial charge in [0.05, 0.1) is 0 Å². The molecule has 0 bridgehead atoms. The first-order chi connectivity index (χ1) is 7.43. The lowest BCUT2D eigenvalue weighted by Crippen LogP contribution is -2.43. The van der Waals surface area contributed by atoms with Crippen LogP contribution < -0.4 is 10.2 Å². The van der Waals surface area contributed by atoms with Gasteiger partial charge in [0.2, 0.25) is 0 Å². The van der Waals surface area contributed by atoms with Gasteiger partial charge in [0.25, 0.3) is 0 Å². The van der Waals surface area contributed by atoms with Crippen LogP contribution in [0.25, 0.3) is 5.65 Å². The molecule has 2 aromatic rings. The van der Waals surface area contributed by atoms with Gasteiger partial charge in [-0.1, -0.05) is 0 Å². The molecule has 1 N–H and O–H groups in total. The molecule has 0 unspecified atom stereocenters. The number of rotatable bonds is 1. The number of aromatic nitrogens is 3. The van der Waals surface area contributed by atoms with Crippen LogP contribution in [0.4, 0.5) is 5.82 Å². The summed E-state index contributed by atoms with van der Waals surface area (Å²) >= 11 is 0. The number of nitrogens with one attached hydrogen (secondary N) is 1. The molecule has 5 nitrogen and oxygen atoms in total. The molecule has 0 spiro atoms. The molecular weight excluding hydrogens is 190 g/mol. The van der Waals surface area contributed by atoms with Crippen LogP contribution in [0, 0.1) is 0 Å². The highest BCUT2D eigenvalue weighted by molar-refractivity contribution is 5.52. The zero-order valence-corrected chi connectivity index (χ0v) is 8.43. The van der Waals surface area contributed by atoms with E-state index < -0.39 is 0 Å². The van der Waals surface area contributed by atoms with E-state index in [2.05, 4.69) is 20.3 Å². The Bertz CT molecular complexity index is 425. The molecule has 1 fully saturated rings. The third-order valence-electron chi connectivity index (χ3n) is 2.66. The van der Waals surface area contributed by atoms with Crippen molar-refractivity contribution in [2.45, 2.75) is 0 Å². The van der Waals surface area contributed by atoms with E-state index in [4.69, 9.17) is 0 Å². The summed E-state index contributed by atoms with van der Waals surface area (Å²) in [6, 6.07) is 3.92. The first-order valence-electron chi connectivity index (χ1n) is 5.19. The van der Waals surface area contributed by atoms with Crippen molar-refractivity contribution in [2.75, 3.05) is 31.1 Å². The van der Waals surface area contributed by atoms with E-state index in [0.717, 1.165) is 37.6 Å². The molecule has 1 aliphatic heterocycles. The standard InChI is InChI=1S/C10H13N5/c1-2-12-9-8-10(13-15(9)5-1)14-6-3-11-4-7-14/h1-2,5,8,11H,3-4,6-7H2. The summed E-state index contributed by atoms with van der Waals surface area (Å²) in [5, 5.41) is 7.82. The lowest BCUT2D eigenvalue weighted by Gasteiger charge is -2.26. The molecule has 78 valence electrons. The van der Waals surface area contributed by atoms with Crippen LogP contribution in [0.5, 0.6) is 0 Å². The maximum atomic E-state index is 4.49. The number of fused-ring (bicyclic) bond motifs is 1. The van der Waals surface area contributed by atoms with E-state index in [0.29, 0.717) is 0 Å². The molecule has 0 aliphatic carbocycles. The monoisotopic (exact) mass is 203 g/mol. The largest absolute Gasteiger partial charge is 0.353 e. The van der Waals surface area contributed by atoms with Gasteiger partial charge < -0.3 is 10.2 Å². The topological polar surface area (TPSA) is 45.5 Å². The first-order valence-corrected chi connectivity index (χ1v) is 5.19. The molecule has 0 atom stereocenters. The maximum Gasteiger partial charge on any atom is 0.157 e. The Hall–Kier alpha value is -1.62. The molecule has 0 saturated carbocycles. The van der Waals surface area contributed by atoms with Crippen LogP contribution in [0.1, 0.15) is 0 Å². The van der Waals surface area contributed by atoms with Crippen molar-refractivity contribution in [1.29, 1.82) is 0 Å². The number of hydrogen-bond donors (Lipinski definition) is 1. The summed E-state index contributed by atoms with van der Waals surface area (Å²) in [6.07, 6.45) is 3.71. The average Bonchev–Trinajstić information content (AvgIpc) is 2.74. The average molecular weight is 203 g/mol. The predicted octanol–water partition coefficient (Wildman–Crippen LogP) is 0.139. The second-order valence-corrected chi connectivity index (χ2v) is 3.66. The molecule has 5 heteroatoms. The maximum absolute atomic E-state index is 4.49. The molecule has 0 radical (unpaired) electrons. The molecule has 1 aliphatic rings. The minimum absolute atomic E-state index is 0.908. The van der Waals surface area contributed by atoms with Gasteiger partial charge in [-0.3, -0.25) is 0 Å². The van der Waals surface area contributed by atoms with Crippen molar-refractivity contribution in [1.82, 2.24) is 19.9 Å². The van der Waals surface area contributed by atoms with Gasteiger partial charge >= 0.3 is 0 Å². The Balaban J connectivity index is 1.96. The number of hydrogen-bond acceptors (Lipinski definition) is 4. The molecule has 15 heavy (non-hydrogen) atoms. The minimum Gasteiger partial charge on any atom is -0.353 e. The first kappa shape index (κ1) is 8.67. The van der Waals surface area contributed by atoms with Crippen LogP contribution in [0.2, 0.25) is 0 Å². The third kappa shape index (κ3) is 1.55. The van der Waals surface area contributed by atoms with E-state index in [1.165, 1.54) is 0 Å². The van der Waals surface area contributed by atoms with E-state index >= 15 is 0 Å². The van der Waals surface area contributed by atoms with Gasteiger partial charge in [0.15, 0.2) is 11.5 Å². The fourth-order valence-corrected chi connectivity index (χ4v) is 1.87. The Morgan fingerprint density at radius 2 is 2.13 bits per heavy atom. The third-order valence-corrected chi connectivity index (χ3v) is 2.66. The number of piperazine rings is 1. The van der Waals surface area contributed by atoms with E-state index in [9.17, 15) is 0 Å². The summed E-state index contributed by atoms with van der Waals surface area (Å²) in [6.45, 7) is 4.09. The lowest BCUT2D eigenvalue weighted by atomic mass is 10.3. The lowest BCUT2D eigenvalue weighted by molar-refractivity contribution is 0.583. The summed E-state index contributed by atoms with van der Waals surface area (Å²) in [5.74, 6) is 1.02. The SMILES string of the molecule is c1cnc2cc(N3CCNCC3)nn2c1. The normalized spacial score (nSPS) is 17.2. The highest BCUT2D eigenvalue weighted by atomic mass is 15.3. The predicted molar refractivity (Wildman–Crippen MR) is 58.1 cm³/mol. The smallest absolute Gasteiger partial charge is 0.157 e. The molecule has 0 amide bonds. The van der Waals surface area contributed by atoms with E-state index in [1.54, 1.807) is 6.20 Å². The Morgan fingerprint density at radius 3 is 2.93 bits per heavy atom. The van der Waals surface area contributed by atoms with Gasteiger partial charge in [-0.2, -0.15) is 0 Å². The summed E-state index contributed by atoms with van der Waals surface area (Å²) < 4.78 is 1.82. The highest BCUT2D eigenvalue weighted by Crippen LogP contribution is 2.13. The van der Waals surface area contributed by atoms with Crippen molar-refractivity contribution >= 4 is 11.5 Å². The zero-order chi connectivity index (χ0) is 10.1. The van der Waals surface area contributed by atoms with Crippen molar-refractivity contribution in [3.8, 4) is 0 Å². The van der Waals surface area contributed by atoms with Crippen molar-refractivity contribution < 1.29 is 0 Å². The van der Waals surface area contributed by atoms with Crippen LogP contribution >= 0.6 is 0 Å². The summed E-state index contributed by atoms with van der Waals surface area (Å²) in [5.41, 5.74) is 0.908. The van der Waals surface area contributed by atoms with Crippen LogP contribution in [-0.2, 0) is 0 Å². The molecule has 3 rings (SSSR count). The fraction of sp³-hybridized carbons (Fsp3) is 0.400. The fourth-order valence-electron chi connectivity index (χ4n) is 1.87. The number of anilines is 1. The van der Waals surface area contributed by atoms with Gasteiger partial charge in [0.1, 0.15) is 0 Å². The minimum atomic E-state index is 0.908. The van der Waals surface area contributed by atoms with E-state index in [-0.39, 0.29) is 0 Å².